The average Bonchev–Trinajstić information content (AvgIpc) is 3.48. The maximum atomic E-state index is 12.6. The predicted octanol–water partition coefficient (Wildman–Crippen LogP) is -2.73. The zero-order valence-corrected chi connectivity index (χ0v) is 48.7. The highest BCUT2D eigenvalue weighted by Crippen LogP contribution is 2.34. The normalized spacial score (nSPS) is 34.7. The van der Waals surface area contributed by atoms with Crippen molar-refractivity contribution in [2.75, 3.05) is 70.7 Å². The van der Waals surface area contributed by atoms with Crippen LogP contribution in [0.25, 0.3) is 0 Å². The molecule has 15 N–H and O–H groups in total. The van der Waals surface area contributed by atoms with Gasteiger partial charge in [-0.1, -0.05) is 52.3 Å². The number of aliphatic hydroxyl groups excluding tert-OH is 8. The first-order chi connectivity index (χ1) is 37.2. The summed E-state index contributed by atoms with van der Waals surface area (Å²) in [5.41, 5.74) is 11.9. The summed E-state index contributed by atoms with van der Waals surface area (Å²) < 4.78 is 44.7. The van der Waals surface area contributed by atoms with Crippen molar-refractivity contribution in [3.05, 3.63) is 24.4 Å². The minimum Gasteiger partial charge on any atom is -0.394 e. The van der Waals surface area contributed by atoms with Crippen LogP contribution in [0.15, 0.2) is 29.4 Å². The van der Waals surface area contributed by atoms with Crippen LogP contribution in [-0.4, -0.2) is 250 Å². The molecular formula is C47H82N6O20S5. The molecule has 1 aromatic heterocycles. The standard InChI is InChI=1S/C21H39N3O10S2.C17H32N2O9S.C9H11NOS2/c1-10-11(8-25)32-21(34-19-12(9-26)33-20(31-3)15(22)18(19)30)16(17(10)29)24-14(28)5-7-36-35-6-4-13(27)23-2;1-7-8(5-20)26-17(12(13(7)23)19-10(22)3-4-29)28-15-9(6-21)27-16(25-2)11(18)14(15)24;1-8(11)5-7-12-13-9-4-2-3-6-10-9/h10-12,15-21,25-26,29-30H,4-9,22H2,1-3H3,(H,23,27)(H,24,28);7-9,11-17,20-21,23-24,29H,3-6,18H2,1-2H3,(H,19,22);2-4,6H,5,7H2,1H3. The Morgan fingerprint density at radius 3 is 1.44 bits per heavy atom. The van der Waals surface area contributed by atoms with Gasteiger partial charge in [0.2, 0.25) is 17.7 Å². The van der Waals surface area contributed by atoms with Crippen molar-refractivity contribution in [3.63, 3.8) is 0 Å². The molecule has 0 aromatic carbocycles. The van der Waals surface area contributed by atoms with Crippen LogP contribution in [0.5, 0.6) is 0 Å². The number of hydrogen-bond donors (Lipinski definition) is 14. The molecule has 31 heteroatoms. The van der Waals surface area contributed by atoms with Gasteiger partial charge in [-0.25, -0.2) is 4.98 Å². The maximum absolute atomic E-state index is 12.6. The Labute approximate surface area is 476 Å². The van der Waals surface area contributed by atoms with Gasteiger partial charge in [0.25, 0.3) is 0 Å². The lowest BCUT2D eigenvalue weighted by Crippen LogP contribution is -2.67. The van der Waals surface area contributed by atoms with Crippen LogP contribution >= 0.6 is 55.8 Å². The quantitative estimate of drug-likeness (QED) is 0.0254. The smallest absolute Gasteiger partial charge is 0.221 e. The number of nitrogens with zero attached hydrogens (tertiary/aromatic N) is 1. The molecule has 1 aromatic rings. The Morgan fingerprint density at radius 1 is 0.628 bits per heavy atom. The largest absolute Gasteiger partial charge is 0.394 e. The van der Waals surface area contributed by atoms with Crippen LogP contribution in [-0.2, 0) is 57.1 Å². The summed E-state index contributed by atoms with van der Waals surface area (Å²) >= 11 is 4.02. The molecule has 5 heterocycles. The van der Waals surface area contributed by atoms with Crippen molar-refractivity contribution in [1.82, 2.24) is 20.9 Å². The number of amides is 3. The summed E-state index contributed by atoms with van der Waals surface area (Å²) in [6.45, 7) is 3.16. The van der Waals surface area contributed by atoms with E-state index in [1.807, 2.05) is 18.2 Å². The number of carbonyl (C=O) groups is 4. The van der Waals surface area contributed by atoms with E-state index in [0.717, 1.165) is 10.8 Å². The number of hydrogen-bond acceptors (Lipinski definition) is 28. The number of thiol groups is 1. The summed E-state index contributed by atoms with van der Waals surface area (Å²) in [6, 6.07) is 1.85. The van der Waals surface area contributed by atoms with Gasteiger partial charge >= 0.3 is 0 Å². The zero-order valence-electron chi connectivity index (χ0n) is 44.5. The minimum absolute atomic E-state index is 0.0518. The molecule has 450 valence electrons. The molecule has 4 aliphatic rings. The number of aromatic nitrogens is 1. The van der Waals surface area contributed by atoms with Gasteiger partial charge in [0.15, 0.2) is 25.2 Å². The molecule has 26 nitrogen and oxygen atoms in total. The third-order valence-corrected chi connectivity index (χ3v) is 17.8. The van der Waals surface area contributed by atoms with Crippen LogP contribution in [0.3, 0.4) is 0 Å². The first kappa shape index (κ1) is 70.5. The molecule has 0 saturated carbocycles. The summed E-state index contributed by atoms with van der Waals surface area (Å²) in [6.07, 6.45) is -12.0. The summed E-state index contributed by atoms with van der Waals surface area (Å²) in [5, 5.41) is 90.5. The number of ether oxygens (including phenoxy) is 8. The Morgan fingerprint density at radius 2 is 1.05 bits per heavy atom. The fourth-order valence-corrected chi connectivity index (χ4v) is 12.3. The molecule has 0 bridgehead atoms. The Kier molecular flexibility index (Phi) is 33.9. The highest BCUT2D eigenvalue weighted by atomic mass is 33.1. The van der Waals surface area contributed by atoms with Crippen molar-refractivity contribution in [2.24, 2.45) is 23.3 Å². The molecule has 0 spiro atoms. The first-order valence-electron chi connectivity index (χ1n) is 25.2. The Balaban J connectivity index is 0.000000339. The number of methoxy groups -OCH3 is 2. The van der Waals surface area contributed by atoms with Crippen molar-refractivity contribution >= 4 is 79.3 Å². The number of rotatable bonds is 26. The molecule has 5 rings (SSSR count). The molecule has 20 atom stereocenters. The molecule has 4 aliphatic heterocycles. The monoisotopic (exact) mass is 1210 g/mol. The number of Topliss-reactive ketones (excluding diaryl/α,β-unsaturated/α-hetero) is 1. The van der Waals surface area contributed by atoms with Gasteiger partial charge in [-0.3, -0.25) is 19.2 Å². The van der Waals surface area contributed by atoms with E-state index < -0.39 is 142 Å². The lowest BCUT2D eigenvalue weighted by Gasteiger charge is -2.47. The van der Waals surface area contributed by atoms with Gasteiger partial charge in [-0.15, -0.1) is 0 Å². The Bertz CT molecular complexity index is 1890. The van der Waals surface area contributed by atoms with Gasteiger partial charge in [0.05, 0.1) is 62.9 Å². The third-order valence-electron chi connectivity index (χ3n) is 12.9. The van der Waals surface area contributed by atoms with Crippen molar-refractivity contribution < 1.29 is 97.9 Å². The van der Waals surface area contributed by atoms with Gasteiger partial charge in [-0.2, -0.15) is 12.6 Å². The summed E-state index contributed by atoms with van der Waals surface area (Å²) in [4.78, 5) is 50.7. The SMILES string of the molecule is CC(=O)CCSSc1ccccn1.CNC(=O)CCSSCCC(=O)NC1C(OC2C(CO)OC(OC)C(N)C2O)OC(CO)C(C)C1O.COC1OC(CO)C(OC2OC(CO)C(C)C(O)C2NC(=O)CCS)C(O)C1N. The Hall–Kier alpha value is -1.74. The molecular weight excluding hydrogens is 1130 g/mol. The van der Waals surface area contributed by atoms with E-state index in [-0.39, 0.29) is 43.0 Å². The molecule has 3 amide bonds. The number of nitrogens with two attached hydrogens (primary N) is 2. The highest BCUT2D eigenvalue weighted by Gasteiger charge is 2.52. The summed E-state index contributed by atoms with van der Waals surface area (Å²) in [7, 11) is 10.5. The van der Waals surface area contributed by atoms with E-state index >= 15 is 0 Å². The molecule has 0 radical (unpaired) electrons. The van der Waals surface area contributed by atoms with E-state index in [9.17, 15) is 60.0 Å². The van der Waals surface area contributed by atoms with E-state index in [2.05, 4.69) is 33.6 Å². The molecule has 4 saturated heterocycles. The minimum atomic E-state index is -1.31. The fraction of sp³-hybridized carbons (Fsp3) is 0.809. The predicted molar refractivity (Wildman–Crippen MR) is 293 cm³/mol. The maximum Gasteiger partial charge on any atom is 0.221 e. The van der Waals surface area contributed by atoms with Crippen molar-refractivity contribution in [3.8, 4) is 0 Å². The highest BCUT2D eigenvalue weighted by molar-refractivity contribution is 8.77. The van der Waals surface area contributed by atoms with Gasteiger partial charge in [-0.05, 0) is 35.6 Å². The molecule has 20 unspecified atom stereocenters. The zero-order chi connectivity index (χ0) is 58.1. The van der Waals surface area contributed by atoms with Gasteiger partial charge in [0, 0.05) is 82.2 Å². The fourth-order valence-electron chi connectivity index (χ4n) is 8.20. The second kappa shape index (κ2) is 37.5. The van der Waals surface area contributed by atoms with Crippen LogP contribution in [0.4, 0.5) is 0 Å². The molecule has 4 fully saturated rings. The number of carbonyl (C=O) groups excluding carboxylic acids is 4. The number of ketones is 1. The lowest BCUT2D eigenvalue weighted by molar-refractivity contribution is -0.323. The molecule has 78 heavy (non-hydrogen) atoms. The number of aliphatic hydroxyl groups is 8. The van der Waals surface area contributed by atoms with E-state index in [1.54, 1.807) is 55.6 Å². The average molecular weight is 1210 g/mol. The van der Waals surface area contributed by atoms with E-state index in [1.165, 1.54) is 35.8 Å². The van der Waals surface area contributed by atoms with Crippen molar-refractivity contribution in [2.45, 2.75) is 162 Å². The van der Waals surface area contributed by atoms with Gasteiger partial charge in [0.1, 0.15) is 59.5 Å². The van der Waals surface area contributed by atoms with Crippen molar-refractivity contribution in [1.29, 1.82) is 0 Å². The second-order valence-electron chi connectivity index (χ2n) is 18.4. The number of nitrogens with one attached hydrogen (secondary N) is 3. The third kappa shape index (κ3) is 21.8. The van der Waals surface area contributed by atoms with Crippen LogP contribution < -0.4 is 27.4 Å². The van der Waals surface area contributed by atoms with Crippen LogP contribution in [0.1, 0.15) is 46.5 Å². The lowest BCUT2D eigenvalue weighted by atomic mass is 9.89. The topological polar surface area (TPSA) is 405 Å². The van der Waals surface area contributed by atoms with E-state index in [0.29, 0.717) is 30.1 Å². The molecule has 0 aliphatic carbocycles. The second-order valence-corrected chi connectivity index (χ2v) is 24.0. The number of pyridine rings is 1. The van der Waals surface area contributed by atoms with E-state index in [4.69, 9.17) is 49.4 Å². The van der Waals surface area contributed by atoms with Crippen LogP contribution in [0, 0.1) is 11.8 Å². The van der Waals surface area contributed by atoms with Crippen LogP contribution in [0.2, 0.25) is 0 Å². The summed E-state index contributed by atoms with van der Waals surface area (Å²) in [5.74, 6) is 0.690. The first-order valence-corrected chi connectivity index (χ1v) is 30.7. The van der Waals surface area contributed by atoms with Gasteiger partial charge < -0.3 is 106 Å².